The first-order chi connectivity index (χ1) is 11.2. The van der Waals surface area contributed by atoms with Gasteiger partial charge in [0.2, 0.25) is 0 Å². The Hall–Kier alpha value is -1.66. The maximum Gasteiger partial charge on any atom is 0.419 e. The van der Waals surface area contributed by atoms with Crippen LogP contribution in [0.15, 0.2) is 41.6 Å². The number of aliphatic hydroxyl groups is 1. The van der Waals surface area contributed by atoms with E-state index in [1.807, 2.05) is 6.92 Å². The van der Waals surface area contributed by atoms with Gasteiger partial charge in [-0.25, -0.2) is 14.3 Å². The molecule has 130 valence electrons. The molecule has 0 aromatic carbocycles. The van der Waals surface area contributed by atoms with Crippen LogP contribution in [0.1, 0.15) is 26.2 Å². The minimum absolute atomic E-state index is 0.0308. The second-order valence-corrected chi connectivity index (χ2v) is 13.1. The normalized spacial score (nSPS) is 30.2. The zero-order chi connectivity index (χ0) is 17.5. The lowest BCUT2D eigenvalue weighted by molar-refractivity contribution is 0.0522. The van der Waals surface area contributed by atoms with E-state index in [-0.39, 0.29) is 12.0 Å². The summed E-state index contributed by atoms with van der Waals surface area (Å²) in [7, 11) is -1.56. The van der Waals surface area contributed by atoms with Crippen LogP contribution in [-0.2, 0) is 4.74 Å². The van der Waals surface area contributed by atoms with Crippen molar-refractivity contribution in [2.45, 2.75) is 57.5 Å². The molecule has 0 saturated heterocycles. The van der Waals surface area contributed by atoms with Crippen molar-refractivity contribution in [3.8, 4) is 0 Å². The Bertz CT molecular complexity index is 684. The van der Waals surface area contributed by atoms with E-state index < -0.39 is 19.8 Å². The highest BCUT2D eigenvalue weighted by atomic mass is 28.3. The molecule has 0 radical (unpaired) electrons. The van der Waals surface area contributed by atoms with E-state index in [1.54, 1.807) is 12.4 Å². The summed E-state index contributed by atoms with van der Waals surface area (Å²) in [6.07, 6.45) is 10.5. The van der Waals surface area contributed by atoms with Gasteiger partial charge in [-0.3, -0.25) is 0 Å². The van der Waals surface area contributed by atoms with Gasteiger partial charge in [-0.1, -0.05) is 37.0 Å². The molecule has 3 atom stereocenters. The predicted molar refractivity (Wildman–Crippen MR) is 95.4 cm³/mol. The Morgan fingerprint density at radius 1 is 1.46 bits per heavy atom. The molecule has 1 aromatic heterocycles. The lowest BCUT2D eigenvalue weighted by Crippen LogP contribution is -2.32. The number of carbonyl (C=O) groups is 1. The topological polar surface area (TPSA) is 64.3 Å². The van der Waals surface area contributed by atoms with E-state index in [0.717, 1.165) is 18.4 Å². The van der Waals surface area contributed by atoms with Gasteiger partial charge in [0, 0.05) is 24.7 Å². The first kappa shape index (κ1) is 17.2. The van der Waals surface area contributed by atoms with E-state index in [0.29, 0.717) is 6.42 Å². The van der Waals surface area contributed by atoms with Crippen LogP contribution in [0, 0.1) is 5.92 Å². The van der Waals surface area contributed by atoms with Crippen LogP contribution >= 0.6 is 0 Å². The molecule has 2 aliphatic rings. The van der Waals surface area contributed by atoms with Crippen molar-refractivity contribution in [2.24, 2.45) is 5.92 Å². The van der Waals surface area contributed by atoms with Gasteiger partial charge in [-0.2, -0.15) is 0 Å². The summed E-state index contributed by atoms with van der Waals surface area (Å²) < 4.78 is 7.06. The lowest BCUT2D eigenvalue weighted by Gasteiger charge is -2.30. The Morgan fingerprint density at radius 3 is 2.83 bits per heavy atom. The standard InChI is InChI=1S/C18H26N2O3Si/c1-18(22)11-14(23-17(21)20-10-9-19-12-20)13-7-5-6-8-15(16(13)18)24(2,3)4/h5,7,9-10,12-14,22H,6,8,11H2,1-4H3/t13-,14-,18+/m1/s1. The number of nitrogens with zero attached hydrogens (tertiary/aromatic N) is 2. The SMILES string of the molecule is C[C@]1(O)C[C@@H](OC(=O)n2ccnc2)[C@H]2C=CCCC([Si](C)(C)C)=C21. The van der Waals surface area contributed by atoms with Crippen molar-refractivity contribution >= 4 is 14.2 Å². The number of fused-ring (bicyclic) bond motifs is 1. The van der Waals surface area contributed by atoms with E-state index in [4.69, 9.17) is 4.74 Å². The van der Waals surface area contributed by atoms with Crippen molar-refractivity contribution in [3.63, 3.8) is 0 Å². The van der Waals surface area contributed by atoms with Crippen LogP contribution in [-0.4, -0.2) is 40.5 Å². The summed E-state index contributed by atoms with van der Waals surface area (Å²) in [4.78, 5) is 16.2. The number of aromatic nitrogens is 2. The molecule has 24 heavy (non-hydrogen) atoms. The van der Waals surface area contributed by atoms with Gasteiger partial charge in [0.25, 0.3) is 0 Å². The van der Waals surface area contributed by atoms with Gasteiger partial charge >= 0.3 is 6.09 Å². The molecule has 6 heteroatoms. The second kappa shape index (κ2) is 6.00. The van der Waals surface area contributed by atoms with Crippen molar-refractivity contribution in [2.75, 3.05) is 0 Å². The quantitative estimate of drug-likeness (QED) is 0.657. The molecule has 3 rings (SSSR count). The first-order valence-corrected chi connectivity index (χ1v) is 12.0. The zero-order valence-corrected chi connectivity index (χ0v) is 15.8. The molecule has 2 aliphatic carbocycles. The van der Waals surface area contributed by atoms with Crippen LogP contribution in [0.5, 0.6) is 0 Å². The summed E-state index contributed by atoms with van der Waals surface area (Å²) in [5.41, 5.74) is 0.174. The molecule has 1 saturated carbocycles. The van der Waals surface area contributed by atoms with Gasteiger partial charge in [0.05, 0.1) is 13.7 Å². The summed E-state index contributed by atoms with van der Waals surface area (Å²) >= 11 is 0. The average molecular weight is 347 g/mol. The van der Waals surface area contributed by atoms with E-state index in [1.165, 1.54) is 16.1 Å². The van der Waals surface area contributed by atoms with Gasteiger partial charge in [0.1, 0.15) is 12.4 Å². The molecule has 1 heterocycles. The van der Waals surface area contributed by atoms with E-state index >= 15 is 0 Å². The predicted octanol–water partition coefficient (Wildman–Crippen LogP) is 3.53. The number of carbonyl (C=O) groups excluding carboxylic acids is 1. The number of allylic oxidation sites excluding steroid dienone is 2. The number of rotatable bonds is 2. The highest BCUT2D eigenvalue weighted by Crippen LogP contribution is 2.47. The number of hydrogen-bond acceptors (Lipinski definition) is 4. The fourth-order valence-electron chi connectivity index (χ4n) is 3.98. The summed E-state index contributed by atoms with van der Waals surface area (Å²) in [6, 6.07) is 0. The van der Waals surface area contributed by atoms with Gasteiger partial charge in [-0.05, 0) is 25.3 Å². The van der Waals surface area contributed by atoms with E-state index in [9.17, 15) is 9.90 Å². The fraction of sp³-hybridized carbons (Fsp3) is 0.556. The zero-order valence-electron chi connectivity index (χ0n) is 14.8. The molecule has 5 nitrogen and oxygen atoms in total. The molecular weight excluding hydrogens is 320 g/mol. The monoisotopic (exact) mass is 346 g/mol. The minimum atomic E-state index is -1.56. The molecule has 0 bridgehead atoms. The van der Waals surface area contributed by atoms with E-state index in [2.05, 4.69) is 36.8 Å². The number of ether oxygens (including phenoxy) is 1. The molecule has 0 aliphatic heterocycles. The second-order valence-electron chi connectivity index (χ2n) is 8.00. The fourth-order valence-corrected chi connectivity index (χ4v) is 6.11. The van der Waals surface area contributed by atoms with Gasteiger partial charge in [-0.15, -0.1) is 0 Å². The summed E-state index contributed by atoms with van der Waals surface area (Å²) in [5, 5.41) is 12.5. The maximum atomic E-state index is 12.3. The maximum absolute atomic E-state index is 12.3. The van der Waals surface area contributed by atoms with Crippen LogP contribution in [0.2, 0.25) is 19.6 Å². The van der Waals surface area contributed by atoms with Crippen LogP contribution in [0.3, 0.4) is 0 Å². The Morgan fingerprint density at radius 2 is 2.21 bits per heavy atom. The van der Waals surface area contributed by atoms with Gasteiger partial charge in [0.15, 0.2) is 0 Å². The van der Waals surface area contributed by atoms with Crippen LogP contribution < -0.4 is 0 Å². The summed E-state index contributed by atoms with van der Waals surface area (Å²) in [6.45, 7) is 8.82. The highest BCUT2D eigenvalue weighted by molar-refractivity contribution is 6.83. The Labute approximate surface area is 144 Å². The minimum Gasteiger partial charge on any atom is -0.444 e. The molecular formula is C18H26N2O3Si. The third kappa shape index (κ3) is 3.12. The highest BCUT2D eigenvalue weighted by Gasteiger charge is 2.49. The van der Waals surface area contributed by atoms with Crippen molar-refractivity contribution in [3.05, 3.63) is 41.6 Å². The molecule has 1 N–H and O–H groups in total. The number of imidazole rings is 1. The first-order valence-electron chi connectivity index (χ1n) is 8.52. The third-order valence-electron chi connectivity index (χ3n) is 5.02. The van der Waals surface area contributed by atoms with Crippen molar-refractivity contribution in [1.82, 2.24) is 9.55 Å². The number of hydrogen-bond donors (Lipinski definition) is 1. The summed E-state index contributed by atoms with van der Waals surface area (Å²) in [5.74, 6) is -0.0308. The average Bonchev–Trinajstić information content (AvgIpc) is 2.98. The molecule has 0 spiro atoms. The molecule has 1 aromatic rings. The van der Waals surface area contributed by atoms with Gasteiger partial charge < -0.3 is 9.84 Å². The van der Waals surface area contributed by atoms with Crippen molar-refractivity contribution < 1.29 is 14.6 Å². The largest absolute Gasteiger partial charge is 0.444 e. The lowest BCUT2D eigenvalue weighted by atomic mass is 9.94. The Balaban J connectivity index is 1.95. The molecule has 1 fully saturated rings. The Kier molecular flexibility index (Phi) is 4.30. The van der Waals surface area contributed by atoms with Crippen LogP contribution in [0.4, 0.5) is 4.79 Å². The van der Waals surface area contributed by atoms with Crippen molar-refractivity contribution in [1.29, 1.82) is 0 Å². The molecule has 0 amide bonds. The third-order valence-corrected chi connectivity index (χ3v) is 7.35. The van der Waals surface area contributed by atoms with Crippen LogP contribution in [0.25, 0.3) is 0 Å². The smallest absolute Gasteiger partial charge is 0.419 e. The molecule has 0 unspecified atom stereocenters.